The molecule has 3 rings (SSSR count). The van der Waals surface area contributed by atoms with Crippen molar-refractivity contribution in [1.82, 2.24) is 15.2 Å². The van der Waals surface area contributed by atoms with E-state index in [9.17, 15) is 4.79 Å². The second-order valence-electron chi connectivity index (χ2n) is 4.76. The molecule has 0 radical (unpaired) electrons. The standard InChI is InChI=1S/C15H13ClN4O/c1-8-13(9(2)20-19-8)15(21)18-12-6-5-11(16)10-4-3-7-17-14(10)12/h3-7H,1-2H3,(H,18,21)(H,19,20). The Hall–Kier alpha value is -2.40. The maximum atomic E-state index is 12.4. The number of amides is 1. The number of halogens is 1. The van der Waals surface area contributed by atoms with Crippen LogP contribution in [0, 0.1) is 13.8 Å². The molecule has 0 atom stereocenters. The lowest BCUT2D eigenvalue weighted by Gasteiger charge is -2.09. The summed E-state index contributed by atoms with van der Waals surface area (Å²) in [7, 11) is 0. The molecular weight excluding hydrogens is 288 g/mol. The maximum Gasteiger partial charge on any atom is 0.259 e. The third-order valence-corrected chi connectivity index (χ3v) is 3.65. The van der Waals surface area contributed by atoms with Crippen LogP contribution in [0.5, 0.6) is 0 Å². The summed E-state index contributed by atoms with van der Waals surface area (Å²) in [4.78, 5) is 16.7. The van der Waals surface area contributed by atoms with Gasteiger partial charge in [-0.1, -0.05) is 11.6 Å². The molecule has 1 aromatic carbocycles. The van der Waals surface area contributed by atoms with Gasteiger partial charge >= 0.3 is 0 Å². The lowest BCUT2D eigenvalue weighted by molar-refractivity contribution is 0.102. The van der Waals surface area contributed by atoms with Gasteiger partial charge in [0.05, 0.1) is 27.5 Å². The highest BCUT2D eigenvalue weighted by molar-refractivity contribution is 6.36. The number of benzene rings is 1. The smallest absolute Gasteiger partial charge is 0.259 e. The van der Waals surface area contributed by atoms with E-state index < -0.39 is 0 Å². The number of carbonyl (C=O) groups is 1. The van der Waals surface area contributed by atoms with Crippen molar-refractivity contribution < 1.29 is 4.79 Å². The number of carbonyl (C=O) groups excluding carboxylic acids is 1. The average Bonchev–Trinajstić information content (AvgIpc) is 2.81. The van der Waals surface area contributed by atoms with Gasteiger partial charge in [0.25, 0.3) is 5.91 Å². The molecule has 5 nitrogen and oxygen atoms in total. The number of anilines is 1. The van der Waals surface area contributed by atoms with Gasteiger partial charge in [0.1, 0.15) is 0 Å². The number of nitrogens with zero attached hydrogens (tertiary/aromatic N) is 2. The summed E-state index contributed by atoms with van der Waals surface area (Å²) in [5.74, 6) is -0.215. The molecule has 0 aliphatic carbocycles. The molecule has 2 heterocycles. The van der Waals surface area contributed by atoms with Crippen molar-refractivity contribution in [3.8, 4) is 0 Å². The molecule has 3 aromatic rings. The highest BCUT2D eigenvalue weighted by Gasteiger charge is 2.16. The van der Waals surface area contributed by atoms with Crippen molar-refractivity contribution in [2.45, 2.75) is 13.8 Å². The molecule has 2 N–H and O–H groups in total. The summed E-state index contributed by atoms with van der Waals surface area (Å²) in [5, 5.41) is 11.1. The number of hydrogen-bond donors (Lipinski definition) is 2. The number of pyridine rings is 1. The van der Waals surface area contributed by atoms with Crippen molar-refractivity contribution in [1.29, 1.82) is 0 Å². The zero-order chi connectivity index (χ0) is 15.0. The van der Waals surface area contributed by atoms with Crippen LogP contribution in [0.15, 0.2) is 30.5 Å². The molecule has 0 unspecified atom stereocenters. The molecule has 0 saturated heterocycles. The van der Waals surface area contributed by atoms with E-state index in [2.05, 4.69) is 20.5 Å². The first kappa shape index (κ1) is 13.6. The van der Waals surface area contributed by atoms with Gasteiger partial charge in [-0.05, 0) is 38.1 Å². The molecular formula is C15H13ClN4O. The van der Waals surface area contributed by atoms with Crippen molar-refractivity contribution >= 4 is 34.1 Å². The number of hydrogen-bond acceptors (Lipinski definition) is 3. The number of fused-ring (bicyclic) bond motifs is 1. The van der Waals surface area contributed by atoms with Gasteiger partial charge < -0.3 is 5.32 Å². The molecule has 0 saturated carbocycles. The van der Waals surface area contributed by atoms with Crippen molar-refractivity contribution in [3.63, 3.8) is 0 Å². The largest absolute Gasteiger partial charge is 0.320 e. The minimum atomic E-state index is -0.215. The zero-order valence-electron chi connectivity index (χ0n) is 11.6. The van der Waals surface area contributed by atoms with E-state index in [1.54, 1.807) is 25.3 Å². The van der Waals surface area contributed by atoms with Crippen LogP contribution >= 0.6 is 11.6 Å². The number of aromatic nitrogens is 3. The van der Waals surface area contributed by atoms with Gasteiger partial charge in [-0.25, -0.2) is 0 Å². The number of H-pyrrole nitrogens is 1. The molecule has 1 amide bonds. The fourth-order valence-corrected chi connectivity index (χ4v) is 2.52. The molecule has 6 heteroatoms. The summed E-state index contributed by atoms with van der Waals surface area (Å²) < 4.78 is 0. The van der Waals surface area contributed by atoms with Gasteiger partial charge in [0, 0.05) is 17.3 Å². The minimum Gasteiger partial charge on any atom is -0.320 e. The molecule has 0 aliphatic rings. The van der Waals surface area contributed by atoms with Crippen LogP contribution in [0.25, 0.3) is 10.9 Å². The summed E-state index contributed by atoms with van der Waals surface area (Å²) in [6, 6.07) is 7.18. The second-order valence-corrected chi connectivity index (χ2v) is 5.16. The van der Waals surface area contributed by atoms with E-state index >= 15 is 0 Å². The van der Waals surface area contributed by atoms with E-state index in [1.807, 2.05) is 19.1 Å². The highest BCUT2D eigenvalue weighted by Crippen LogP contribution is 2.28. The molecule has 0 fully saturated rings. The Bertz CT molecular complexity index is 821. The first-order valence-electron chi connectivity index (χ1n) is 6.44. The number of nitrogens with one attached hydrogen (secondary N) is 2. The van der Waals surface area contributed by atoms with Crippen LogP contribution in [0.1, 0.15) is 21.7 Å². The molecule has 2 aromatic heterocycles. The Morgan fingerprint density at radius 2 is 2.10 bits per heavy atom. The first-order valence-corrected chi connectivity index (χ1v) is 6.82. The van der Waals surface area contributed by atoms with E-state index in [0.29, 0.717) is 27.5 Å². The number of aromatic amines is 1. The lowest BCUT2D eigenvalue weighted by Crippen LogP contribution is -2.14. The van der Waals surface area contributed by atoms with Crippen LogP contribution in [0.4, 0.5) is 5.69 Å². The average molecular weight is 301 g/mol. The molecule has 0 bridgehead atoms. The van der Waals surface area contributed by atoms with Gasteiger partial charge in [0.2, 0.25) is 0 Å². The minimum absolute atomic E-state index is 0.215. The van der Waals surface area contributed by atoms with Crippen molar-refractivity contribution in [2.75, 3.05) is 5.32 Å². The van der Waals surface area contributed by atoms with Crippen molar-refractivity contribution in [2.24, 2.45) is 0 Å². The number of aryl methyl sites for hydroxylation is 2. The summed E-state index contributed by atoms with van der Waals surface area (Å²) in [6.07, 6.45) is 1.67. The normalized spacial score (nSPS) is 10.8. The van der Waals surface area contributed by atoms with Crippen LogP contribution in [0.2, 0.25) is 5.02 Å². The van der Waals surface area contributed by atoms with Gasteiger partial charge in [-0.15, -0.1) is 0 Å². The summed E-state index contributed by atoms with van der Waals surface area (Å²) >= 11 is 6.15. The Balaban J connectivity index is 2.03. The van der Waals surface area contributed by atoms with E-state index in [-0.39, 0.29) is 5.91 Å². The Kier molecular flexibility index (Phi) is 3.35. The van der Waals surface area contributed by atoms with E-state index in [1.165, 1.54) is 0 Å². The Morgan fingerprint density at radius 1 is 1.29 bits per heavy atom. The lowest BCUT2D eigenvalue weighted by atomic mass is 10.1. The molecule has 0 aliphatic heterocycles. The van der Waals surface area contributed by atoms with Crippen LogP contribution in [-0.4, -0.2) is 21.1 Å². The maximum absolute atomic E-state index is 12.4. The van der Waals surface area contributed by atoms with E-state index in [0.717, 1.165) is 11.1 Å². The quantitative estimate of drug-likeness (QED) is 0.761. The molecule has 21 heavy (non-hydrogen) atoms. The number of rotatable bonds is 2. The topological polar surface area (TPSA) is 70.7 Å². The fraction of sp³-hybridized carbons (Fsp3) is 0.133. The van der Waals surface area contributed by atoms with Crippen LogP contribution < -0.4 is 5.32 Å². The second kappa shape index (κ2) is 5.18. The van der Waals surface area contributed by atoms with Gasteiger partial charge in [-0.2, -0.15) is 5.10 Å². The highest BCUT2D eigenvalue weighted by atomic mass is 35.5. The monoisotopic (exact) mass is 300 g/mol. The van der Waals surface area contributed by atoms with E-state index in [4.69, 9.17) is 11.6 Å². The third kappa shape index (κ3) is 2.36. The predicted octanol–water partition coefficient (Wildman–Crippen LogP) is 3.48. The first-order chi connectivity index (χ1) is 10.1. The zero-order valence-corrected chi connectivity index (χ0v) is 12.3. The Labute approximate surface area is 126 Å². The predicted molar refractivity (Wildman–Crippen MR) is 82.8 cm³/mol. The molecule has 0 spiro atoms. The Morgan fingerprint density at radius 3 is 2.81 bits per heavy atom. The summed E-state index contributed by atoms with van der Waals surface area (Å²) in [6.45, 7) is 3.60. The van der Waals surface area contributed by atoms with Crippen molar-refractivity contribution in [3.05, 3.63) is 52.4 Å². The molecule has 106 valence electrons. The van der Waals surface area contributed by atoms with Gasteiger partial charge in [0.15, 0.2) is 0 Å². The SMILES string of the molecule is Cc1n[nH]c(C)c1C(=O)Nc1ccc(Cl)c2cccnc12. The summed E-state index contributed by atoms with van der Waals surface area (Å²) in [5.41, 5.74) is 3.23. The van der Waals surface area contributed by atoms with Crippen LogP contribution in [0.3, 0.4) is 0 Å². The third-order valence-electron chi connectivity index (χ3n) is 3.32. The fourth-order valence-electron chi connectivity index (χ4n) is 2.31. The van der Waals surface area contributed by atoms with Gasteiger partial charge in [-0.3, -0.25) is 14.9 Å². The van der Waals surface area contributed by atoms with Crippen LogP contribution in [-0.2, 0) is 0 Å².